The summed E-state index contributed by atoms with van der Waals surface area (Å²) in [4.78, 5) is 3.86. The molecular formula is C6H14O3. The average molecular weight is 134 g/mol. The lowest BCUT2D eigenvalue weighted by molar-refractivity contribution is -0.414. The molecule has 0 saturated heterocycles. The van der Waals surface area contributed by atoms with Gasteiger partial charge in [0.05, 0.1) is 0 Å². The van der Waals surface area contributed by atoms with Crippen molar-refractivity contribution in [3.05, 3.63) is 0 Å². The summed E-state index contributed by atoms with van der Waals surface area (Å²) in [6.45, 7) is 6.71. The van der Waals surface area contributed by atoms with Gasteiger partial charge in [-0.2, -0.15) is 0 Å². The lowest BCUT2D eigenvalue weighted by atomic mass is 9.87. The zero-order chi connectivity index (χ0) is 7.71. The molecule has 0 aliphatic heterocycles. The number of rotatable bonds is 1. The molecule has 0 aromatic carbocycles. The maximum Gasteiger partial charge on any atom is 0.200 e. The molecule has 0 aliphatic rings. The highest BCUT2D eigenvalue weighted by Crippen LogP contribution is 2.29. The second kappa shape index (κ2) is 2.25. The molecule has 3 nitrogen and oxygen atoms in total. The summed E-state index contributed by atoms with van der Waals surface area (Å²) in [6, 6.07) is 0. The van der Waals surface area contributed by atoms with E-state index in [0.29, 0.717) is 0 Å². The van der Waals surface area contributed by atoms with Crippen LogP contribution in [-0.2, 0) is 4.89 Å². The third-order valence-corrected chi connectivity index (χ3v) is 1.57. The number of hydrogen-bond donors (Lipinski definition) is 2. The van der Waals surface area contributed by atoms with Gasteiger partial charge in [-0.1, -0.05) is 20.8 Å². The van der Waals surface area contributed by atoms with Gasteiger partial charge in [0.1, 0.15) is 0 Å². The predicted molar refractivity (Wildman–Crippen MR) is 33.8 cm³/mol. The van der Waals surface area contributed by atoms with E-state index < -0.39 is 11.2 Å². The molecule has 0 rings (SSSR count). The Bertz CT molecular complexity index is 91.0. The van der Waals surface area contributed by atoms with Crippen molar-refractivity contribution in [2.75, 3.05) is 0 Å². The van der Waals surface area contributed by atoms with Crippen LogP contribution in [0.2, 0.25) is 0 Å². The van der Waals surface area contributed by atoms with Crippen molar-refractivity contribution in [2.45, 2.75) is 33.5 Å². The van der Waals surface area contributed by atoms with E-state index in [1.165, 1.54) is 6.92 Å². The van der Waals surface area contributed by atoms with E-state index in [0.717, 1.165) is 0 Å². The quantitative estimate of drug-likeness (QED) is 0.322. The molecule has 2 N–H and O–H groups in total. The first-order chi connectivity index (χ1) is 3.81. The summed E-state index contributed by atoms with van der Waals surface area (Å²) < 4.78 is 0. The fourth-order valence-electron chi connectivity index (χ4n) is 0.137. The zero-order valence-corrected chi connectivity index (χ0v) is 6.30. The Balaban J connectivity index is 4.14. The van der Waals surface area contributed by atoms with Gasteiger partial charge in [-0.05, 0) is 6.92 Å². The third-order valence-electron chi connectivity index (χ3n) is 1.57. The van der Waals surface area contributed by atoms with Crippen LogP contribution in [0.3, 0.4) is 0 Å². The Labute approximate surface area is 55.2 Å². The van der Waals surface area contributed by atoms with Gasteiger partial charge in [0.2, 0.25) is 5.79 Å². The molecule has 0 bridgehead atoms. The minimum atomic E-state index is -1.47. The highest BCUT2D eigenvalue weighted by Gasteiger charge is 2.36. The predicted octanol–water partition coefficient (Wildman–Crippen LogP) is 1.23. The third kappa shape index (κ3) is 1.93. The highest BCUT2D eigenvalue weighted by atomic mass is 17.1. The van der Waals surface area contributed by atoms with Crippen molar-refractivity contribution in [1.29, 1.82) is 0 Å². The van der Waals surface area contributed by atoms with Crippen LogP contribution < -0.4 is 0 Å². The van der Waals surface area contributed by atoms with E-state index in [1.807, 2.05) is 0 Å². The fraction of sp³-hybridized carbons (Fsp3) is 1.00. The summed E-state index contributed by atoms with van der Waals surface area (Å²) in [6.07, 6.45) is 0. The Kier molecular flexibility index (Phi) is 2.22. The lowest BCUT2D eigenvalue weighted by Crippen LogP contribution is -2.41. The van der Waals surface area contributed by atoms with Crippen molar-refractivity contribution < 1.29 is 15.3 Å². The molecule has 1 unspecified atom stereocenters. The molecule has 1 atom stereocenters. The molecule has 0 spiro atoms. The van der Waals surface area contributed by atoms with Gasteiger partial charge in [0.25, 0.3) is 0 Å². The fourth-order valence-corrected chi connectivity index (χ4v) is 0.137. The van der Waals surface area contributed by atoms with E-state index in [9.17, 15) is 5.11 Å². The van der Waals surface area contributed by atoms with Crippen molar-refractivity contribution in [3.63, 3.8) is 0 Å². The smallest absolute Gasteiger partial charge is 0.200 e. The van der Waals surface area contributed by atoms with Crippen LogP contribution in [0, 0.1) is 5.41 Å². The molecule has 0 saturated carbocycles. The van der Waals surface area contributed by atoms with E-state index in [-0.39, 0.29) is 0 Å². The first-order valence-electron chi connectivity index (χ1n) is 2.86. The van der Waals surface area contributed by atoms with Gasteiger partial charge in [0, 0.05) is 5.41 Å². The molecule has 9 heavy (non-hydrogen) atoms. The Morgan fingerprint density at radius 3 is 1.44 bits per heavy atom. The minimum Gasteiger partial charge on any atom is -0.363 e. The molecule has 3 heteroatoms. The van der Waals surface area contributed by atoms with Crippen LogP contribution in [0.1, 0.15) is 27.7 Å². The van der Waals surface area contributed by atoms with E-state index in [4.69, 9.17) is 5.26 Å². The van der Waals surface area contributed by atoms with Crippen LogP contribution in [0.4, 0.5) is 0 Å². The Morgan fingerprint density at radius 2 is 1.44 bits per heavy atom. The first kappa shape index (κ1) is 8.88. The molecule has 0 heterocycles. The monoisotopic (exact) mass is 134 g/mol. The maximum absolute atomic E-state index is 9.19. The highest BCUT2D eigenvalue weighted by molar-refractivity contribution is 4.75. The molecular weight excluding hydrogens is 120 g/mol. The standard InChI is InChI=1S/C6H14O3/c1-5(2,3)6(4,7)9-8/h7-8H,1-4H3. The molecule has 0 amide bonds. The minimum absolute atomic E-state index is 0.470. The lowest BCUT2D eigenvalue weighted by Gasteiger charge is -2.32. The van der Waals surface area contributed by atoms with Gasteiger partial charge in [-0.25, -0.2) is 10.1 Å². The van der Waals surface area contributed by atoms with E-state index in [1.54, 1.807) is 20.8 Å². The molecule has 0 aromatic rings. The Morgan fingerprint density at radius 1 is 1.11 bits per heavy atom. The molecule has 0 fully saturated rings. The van der Waals surface area contributed by atoms with E-state index >= 15 is 0 Å². The van der Waals surface area contributed by atoms with Crippen LogP contribution >= 0.6 is 0 Å². The van der Waals surface area contributed by atoms with Crippen LogP contribution in [0.25, 0.3) is 0 Å². The van der Waals surface area contributed by atoms with E-state index in [2.05, 4.69) is 4.89 Å². The van der Waals surface area contributed by atoms with Crippen LogP contribution in [-0.4, -0.2) is 16.2 Å². The normalized spacial score (nSPS) is 19.3. The summed E-state index contributed by atoms with van der Waals surface area (Å²) in [7, 11) is 0. The molecule has 0 radical (unpaired) electrons. The van der Waals surface area contributed by atoms with Crippen molar-refractivity contribution in [1.82, 2.24) is 0 Å². The summed E-state index contributed by atoms with van der Waals surface area (Å²) in [5.41, 5.74) is -0.470. The number of aliphatic hydroxyl groups is 1. The zero-order valence-electron chi connectivity index (χ0n) is 6.30. The molecule has 0 aromatic heterocycles. The van der Waals surface area contributed by atoms with Crippen molar-refractivity contribution in [2.24, 2.45) is 5.41 Å². The van der Waals surface area contributed by atoms with Crippen molar-refractivity contribution in [3.8, 4) is 0 Å². The first-order valence-corrected chi connectivity index (χ1v) is 2.86. The van der Waals surface area contributed by atoms with Crippen LogP contribution in [0.5, 0.6) is 0 Å². The van der Waals surface area contributed by atoms with Gasteiger partial charge >= 0.3 is 0 Å². The average Bonchev–Trinajstić information content (AvgIpc) is 1.64. The summed E-state index contributed by atoms with van der Waals surface area (Å²) in [5, 5.41) is 17.4. The van der Waals surface area contributed by atoms with Gasteiger partial charge in [0.15, 0.2) is 0 Å². The molecule has 0 aliphatic carbocycles. The SMILES string of the molecule is CC(C)(C)C(C)(O)OO. The molecule has 56 valence electrons. The summed E-state index contributed by atoms with van der Waals surface area (Å²) in [5.74, 6) is -1.47. The summed E-state index contributed by atoms with van der Waals surface area (Å²) >= 11 is 0. The second-order valence-electron chi connectivity index (χ2n) is 3.32. The van der Waals surface area contributed by atoms with Gasteiger partial charge < -0.3 is 5.11 Å². The van der Waals surface area contributed by atoms with Crippen LogP contribution in [0.15, 0.2) is 0 Å². The van der Waals surface area contributed by atoms with Gasteiger partial charge in [-0.15, -0.1) is 0 Å². The Hall–Kier alpha value is -0.120. The topological polar surface area (TPSA) is 49.7 Å². The van der Waals surface area contributed by atoms with Crippen molar-refractivity contribution >= 4 is 0 Å². The second-order valence-corrected chi connectivity index (χ2v) is 3.32. The number of hydrogen-bond acceptors (Lipinski definition) is 3. The maximum atomic E-state index is 9.19. The largest absolute Gasteiger partial charge is 0.363 e. The van der Waals surface area contributed by atoms with Gasteiger partial charge in [-0.3, -0.25) is 0 Å².